The van der Waals surface area contributed by atoms with E-state index in [1.165, 1.54) is 0 Å². The number of esters is 1. The molecule has 2 N–H and O–H groups in total. The van der Waals surface area contributed by atoms with Crippen molar-refractivity contribution < 1.29 is 19.4 Å². The standard InChI is InChI=1S/C29H38N4O5/c1-19-13-22(17-32(2)28(19)35)27-31-24-14-21(7-8-26(24)33(27)16-20-9-11-37-12-10-20)15-30-25(18-34)29(36)38-23-5-3-4-6-23/h7-8,13-14,17,20,23,25,30,34H,3-6,9-12,15-16,18H2,1-2H3/t25-/m0/s1. The van der Waals surface area contributed by atoms with Gasteiger partial charge in [-0.3, -0.25) is 14.9 Å². The predicted octanol–water partition coefficient (Wildman–Crippen LogP) is 3.07. The Kier molecular flexibility index (Phi) is 8.26. The van der Waals surface area contributed by atoms with Gasteiger partial charge in [0.1, 0.15) is 18.0 Å². The molecule has 0 radical (unpaired) electrons. The minimum atomic E-state index is -0.762. The molecule has 2 aromatic heterocycles. The SMILES string of the molecule is Cc1cc(-c2nc3cc(CN[C@@H](CO)C(=O)OC4CCCC4)ccc3n2CC2CCOCC2)cn(C)c1=O. The summed E-state index contributed by atoms with van der Waals surface area (Å²) in [5.74, 6) is 0.934. The first-order valence-corrected chi connectivity index (χ1v) is 13.7. The Balaban J connectivity index is 1.40. The zero-order chi connectivity index (χ0) is 26.6. The van der Waals surface area contributed by atoms with E-state index in [0.29, 0.717) is 18.0 Å². The van der Waals surface area contributed by atoms with E-state index in [0.717, 1.165) is 86.3 Å². The molecule has 1 saturated heterocycles. The van der Waals surface area contributed by atoms with Crippen LogP contribution in [0, 0.1) is 12.8 Å². The number of pyridine rings is 1. The topological polar surface area (TPSA) is 108 Å². The van der Waals surface area contributed by atoms with Crippen LogP contribution in [-0.2, 0) is 34.4 Å². The van der Waals surface area contributed by atoms with Crippen molar-refractivity contribution in [1.82, 2.24) is 19.4 Å². The maximum absolute atomic E-state index is 12.5. The van der Waals surface area contributed by atoms with Crippen LogP contribution in [0.2, 0.25) is 0 Å². The second-order valence-corrected chi connectivity index (χ2v) is 10.7. The fourth-order valence-corrected chi connectivity index (χ4v) is 5.59. The highest BCUT2D eigenvalue weighted by atomic mass is 16.5. The molecular formula is C29H38N4O5. The van der Waals surface area contributed by atoms with Crippen molar-refractivity contribution in [3.05, 3.63) is 51.9 Å². The van der Waals surface area contributed by atoms with Gasteiger partial charge in [0.2, 0.25) is 0 Å². The number of carbonyl (C=O) groups excluding carboxylic acids is 1. The molecule has 3 heterocycles. The van der Waals surface area contributed by atoms with E-state index in [2.05, 4.69) is 16.0 Å². The molecule has 0 amide bonds. The van der Waals surface area contributed by atoms with E-state index in [1.54, 1.807) is 11.6 Å². The minimum Gasteiger partial charge on any atom is -0.461 e. The van der Waals surface area contributed by atoms with Crippen LogP contribution in [0.3, 0.4) is 0 Å². The quantitative estimate of drug-likeness (QED) is 0.416. The first kappa shape index (κ1) is 26.6. The molecule has 1 aliphatic carbocycles. The number of imidazole rings is 1. The molecular weight excluding hydrogens is 484 g/mol. The van der Waals surface area contributed by atoms with Crippen molar-refractivity contribution in [3.8, 4) is 11.4 Å². The zero-order valence-corrected chi connectivity index (χ0v) is 22.3. The Bertz CT molecular complexity index is 1310. The fraction of sp³-hybridized carbons (Fsp3) is 0.552. The number of aromatic nitrogens is 3. The van der Waals surface area contributed by atoms with Gasteiger partial charge in [-0.25, -0.2) is 4.98 Å². The first-order valence-electron chi connectivity index (χ1n) is 13.7. The summed E-state index contributed by atoms with van der Waals surface area (Å²) in [5.41, 5.74) is 4.41. The monoisotopic (exact) mass is 522 g/mol. The number of hydrogen-bond acceptors (Lipinski definition) is 7. The number of nitrogens with zero attached hydrogens (tertiary/aromatic N) is 3. The van der Waals surface area contributed by atoms with Gasteiger partial charge in [-0.15, -0.1) is 0 Å². The molecule has 1 atom stereocenters. The summed E-state index contributed by atoms with van der Waals surface area (Å²) in [5, 5.41) is 12.9. The number of hydrogen-bond donors (Lipinski definition) is 2. The Labute approximate surface area is 222 Å². The third-order valence-corrected chi connectivity index (χ3v) is 7.82. The zero-order valence-electron chi connectivity index (χ0n) is 22.3. The van der Waals surface area contributed by atoms with E-state index in [9.17, 15) is 14.7 Å². The van der Waals surface area contributed by atoms with E-state index in [-0.39, 0.29) is 18.3 Å². The Morgan fingerprint density at radius 1 is 1.21 bits per heavy atom. The van der Waals surface area contributed by atoms with Crippen LogP contribution in [0.4, 0.5) is 0 Å². The summed E-state index contributed by atoms with van der Waals surface area (Å²) in [6.07, 6.45) is 7.78. The lowest BCUT2D eigenvalue weighted by Crippen LogP contribution is -2.41. The number of aryl methyl sites for hydroxylation is 2. The highest BCUT2D eigenvalue weighted by Crippen LogP contribution is 2.29. The molecule has 1 saturated carbocycles. The number of rotatable bonds is 9. The molecule has 3 aromatic rings. The van der Waals surface area contributed by atoms with Gasteiger partial charge in [0.05, 0.1) is 17.6 Å². The van der Waals surface area contributed by atoms with Gasteiger partial charge in [0.25, 0.3) is 5.56 Å². The molecule has 2 fully saturated rings. The lowest BCUT2D eigenvalue weighted by atomic mass is 10.00. The van der Waals surface area contributed by atoms with Crippen molar-refractivity contribution in [1.29, 1.82) is 0 Å². The van der Waals surface area contributed by atoms with Crippen LogP contribution in [0.15, 0.2) is 35.3 Å². The Morgan fingerprint density at radius 2 is 1.97 bits per heavy atom. The highest BCUT2D eigenvalue weighted by molar-refractivity contribution is 5.81. The third kappa shape index (κ3) is 5.85. The fourth-order valence-electron chi connectivity index (χ4n) is 5.59. The number of aliphatic hydroxyl groups excluding tert-OH is 1. The van der Waals surface area contributed by atoms with Gasteiger partial charge >= 0.3 is 5.97 Å². The summed E-state index contributed by atoms with van der Waals surface area (Å²) in [6.45, 7) is 4.30. The van der Waals surface area contributed by atoms with Gasteiger partial charge in [-0.05, 0) is 75.1 Å². The molecule has 204 valence electrons. The summed E-state index contributed by atoms with van der Waals surface area (Å²) >= 11 is 0. The number of carbonyl (C=O) groups is 1. The minimum absolute atomic E-state index is 0.0147. The van der Waals surface area contributed by atoms with E-state index in [1.807, 2.05) is 31.3 Å². The molecule has 9 nitrogen and oxygen atoms in total. The molecule has 1 aromatic carbocycles. The van der Waals surface area contributed by atoms with Gasteiger partial charge in [0, 0.05) is 50.7 Å². The van der Waals surface area contributed by atoms with Crippen LogP contribution in [0.1, 0.15) is 49.7 Å². The van der Waals surface area contributed by atoms with Crippen molar-refractivity contribution in [2.24, 2.45) is 13.0 Å². The summed E-state index contributed by atoms with van der Waals surface area (Å²) in [4.78, 5) is 29.9. The van der Waals surface area contributed by atoms with Gasteiger partial charge in [-0.2, -0.15) is 0 Å². The number of benzene rings is 1. The Morgan fingerprint density at radius 3 is 2.68 bits per heavy atom. The van der Waals surface area contributed by atoms with E-state index >= 15 is 0 Å². The lowest BCUT2D eigenvalue weighted by molar-refractivity contribution is -0.152. The molecule has 5 rings (SSSR count). The van der Waals surface area contributed by atoms with E-state index in [4.69, 9.17) is 14.5 Å². The summed E-state index contributed by atoms with van der Waals surface area (Å²) in [7, 11) is 1.77. The molecule has 1 aliphatic heterocycles. The van der Waals surface area contributed by atoms with Crippen molar-refractivity contribution in [2.75, 3.05) is 19.8 Å². The van der Waals surface area contributed by atoms with Crippen LogP contribution in [0.25, 0.3) is 22.4 Å². The number of ether oxygens (including phenoxy) is 2. The van der Waals surface area contributed by atoms with Gasteiger partial charge < -0.3 is 23.7 Å². The van der Waals surface area contributed by atoms with Crippen molar-refractivity contribution in [3.63, 3.8) is 0 Å². The maximum Gasteiger partial charge on any atom is 0.325 e. The molecule has 9 heteroatoms. The third-order valence-electron chi connectivity index (χ3n) is 7.82. The molecule has 0 spiro atoms. The van der Waals surface area contributed by atoms with E-state index < -0.39 is 12.0 Å². The lowest BCUT2D eigenvalue weighted by Gasteiger charge is -2.23. The van der Waals surface area contributed by atoms with Crippen LogP contribution >= 0.6 is 0 Å². The average molecular weight is 523 g/mol. The molecule has 0 bridgehead atoms. The molecule has 38 heavy (non-hydrogen) atoms. The van der Waals surface area contributed by atoms with Crippen LogP contribution < -0.4 is 10.9 Å². The first-order chi connectivity index (χ1) is 18.4. The second-order valence-electron chi connectivity index (χ2n) is 10.7. The van der Waals surface area contributed by atoms with Gasteiger partial charge in [-0.1, -0.05) is 6.07 Å². The normalized spacial score (nSPS) is 17.8. The predicted molar refractivity (Wildman–Crippen MR) is 145 cm³/mol. The highest BCUT2D eigenvalue weighted by Gasteiger charge is 2.25. The van der Waals surface area contributed by atoms with Crippen LogP contribution in [-0.4, -0.2) is 57.2 Å². The Hall–Kier alpha value is -3.01. The number of nitrogens with one attached hydrogen (secondary N) is 1. The summed E-state index contributed by atoms with van der Waals surface area (Å²) < 4.78 is 15.0. The molecule has 2 aliphatic rings. The average Bonchev–Trinajstić information content (AvgIpc) is 3.55. The second kappa shape index (κ2) is 11.8. The van der Waals surface area contributed by atoms with Crippen molar-refractivity contribution in [2.45, 2.75) is 70.7 Å². The maximum atomic E-state index is 12.5. The summed E-state index contributed by atoms with van der Waals surface area (Å²) in [6, 6.07) is 7.28. The van der Waals surface area contributed by atoms with Gasteiger partial charge in [0.15, 0.2) is 0 Å². The van der Waals surface area contributed by atoms with Crippen LogP contribution in [0.5, 0.6) is 0 Å². The molecule has 0 unspecified atom stereocenters. The largest absolute Gasteiger partial charge is 0.461 e. The number of fused-ring (bicyclic) bond motifs is 1. The van der Waals surface area contributed by atoms with Crippen molar-refractivity contribution >= 4 is 17.0 Å². The number of aliphatic hydroxyl groups is 1. The smallest absolute Gasteiger partial charge is 0.325 e.